The normalized spacial score (nSPS) is 21.5. The van der Waals surface area contributed by atoms with E-state index in [1.54, 1.807) is 24.3 Å². The van der Waals surface area contributed by atoms with Crippen LogP contribution in [0, 0.1) is 34.4 Å². The summed E-state index contributed by atoms with van der Waals surface area (Å²) in [6.07, 6.45) is 0.686. The standard InChI is InChI=1S/C22H21ClFNO/c1-14(23)11-18-21(22(18,2)3)17(13-25)15-9-10-19(24)20(12-15)26-16-7-5-4-6-8-16/h4-10,12,17-18,21H,1,11H2,2-3H3. The Labute approximate surface area is 158 Å². The fraction of sp³-hybridized carbons (Fsp3) is 0.318. The smallest absolute Gasteiger partial charge is 0.165 e. The molecule has 0 aliphatic heterocycles. The molecule has 0 aromatic heterocycles. The van der Waals surface area contributed by atoms with Crippen molar-refractivity contribution in [3.63, 3.8) is 0 Å². The van der Waals surface area contributed by atoms with E-state index in [0.717, 1.165) is 5.56 Å². The number of benzene rings is 2. The van der Waals surface area contributed by atoms with Crippen LogP contribution in [-0.4, -0.2) is 0 Å². The Kier molecular flexibility index (Phi) is 5.07. The summed E-state index contributed by atoms with van der Waals surface area (Å²) in [5, 5.41) is 10.4. The van der Waals surface area contributed by atoms with Gasteiger partial charge in [-0.25, -0.2) is 4.39 Å². The lowest BCUT2D eigenvalue weighted by atomic mass is 9.91. The third-order valence-electron chi connectivity index (χ3n) is 5.36. The molecule has 134 valence electrons. The summed E-state index contributed by atoms with van der Waals surface area (Å²) < 4.78 is 19.9. The highest BCUT2D eigenvalue weighted by Gasteiger charge is 2.60. The first-order valence-corrected chi connectivity index (χ1v) is 8.97. The molecule has 1 aliphatic rings. The van der Waals surface area contributed by atoms with Gasteiger partial charge in [0.15, 0.2) is 11.6 Å². The van der Waals surface area contributed by atoms with Crippen molar-refractivity contribution in [2.45, 2.75) is 26.2 Å². The fourth-order valence-corrected chi connectivity index (χ4v) is 4.01. The minimum atomic E-state index is -0.449. The molecule has 0 bridgehead atoms. The average Bonchev–Trinajstić information content (AvgIpc) is 3.12. The van der Waals surface area contributed by atoms with Gasteiger partial charge in [0.05, 0.1) is 12.0 Å². The quantitative estimate of drug-likeness (QED) is 0.571. The lowest BCUT2D eigenvalue weighted by Crippen LogP contribution is -2.04. The zero-order valence-electron chi connectivity index (χ0n) is 14.9. The van der Waals surface area contributed by atoms with Crippen LogP contribution in [-0.2, 0) is 0 Å². The lowest BCUT2D eigenvalue weighted by Gasteiger charge is -2.14. The summed E-state index contributed by atoms with van der Waals surface area (Å²) in [5.74, 6) is 0.337. The minimum Gasteiger partial charge on any atom is -0.454 e. The second kappa shape index (κ2) is 7.13. The van der Waals surface area contributed by atoms with E-state index in [1.165, 1.54) is 6.07 Å². The number of allylic oxidation sites excluding steroid dienone is 1. The molecular formula is C22H21ClFNO. The lowest BCUT2D eigenvalue weighted by molar-refractivity contribution is 0.440. The first-order chi connectivity index (χ1) is 12.3. The second-order valence-electron chi connectivity index (χ2n) is 7.39. The summed E-state index contributed by atoms with van der Waals surface area (Å²) in [6.45, 7) is 8.05. The maximum absolute atomic E-state index is 14.2. The van der Waals surface area contributed by atoms with Gasteiger partial charge in [-0.05, 0) is 53.5 Å². The van der Waals surface area contributed by atoms with Crippen LogP contribution in [0.3, 0.4) is 0 Å². The number of nitriles is 1. The van der Waals surface area contributed by atoms with Gasteiger partial charge in [-0.2, -0.15) is 5.26 Å². The number of hydrogen-bond acceptors (Lipinski definition) is 2. The Balaban J connectivity index is 1.87. The van der Waals surface area contributed by atoms with Gasteiger partial charge in [-0.3, -0.25) is 0 Å². The van der Waals surface area contributed by atoms with Crippen LogP contribution in [0.1, 0.15) is 31.7 Å². The molecule has 2 aromatic carbocycles. The van der Waals surface area contributed by atoms with Crippen LogP contribution in [0.25, 0.3) is 0 Å². The molecule has 0 spiro atoms. The molecule has 0 saturated heterocycles. The summed E-state index contributed by atoms with van der Waals surface area (Å²) in [5.41, 5.74) is 0.758. The highest BCUT2D eigenvalue weighted by molar-refractivity contribution is 6.29. The van der Waals surface area contributed by atoms with Crippen molar-refractivity contribution in [3.05, 3.63) is 71.5 Å². The number of rotatable bonds is 6. The van der Waals surface area contributed by atoms with Gasteiger partial charge in [0, 0.05) is 5.03 Å². The molecular weight excluding hydrogens is 349 g/mol. The highest BCUT2D eigenvalue weighted by Crippen LogP contribution is 2.66. The Morgan fingerprint density at radius 2 is 2.00 bits per heavy atom. The molecule has 26 heavy (non-hydrogen) atoms. The van der Waals surface area contributed by atoms with Crippen LogP contribution in [0.2, 0.25) is 0 Å². The number of hydrogen-bond donors (Lipinski definition) is 0. The monoisotopic (exact) mass is 369 g/mol. The summed E-state index contributed by atoms with van der Waals surface area (Å²) in [7, 11) is 0. The molecule has 0 amide bonds. The SMILES string of the molecule is C=C(Cl)CC1C(C(C#N)c2ccc(F)c(Oc3ccccc3)c2)C1(C)C. The van der Waals surface area contributed by atoms with Gasteiger partial charge in [-0.1, -0.05) is 56.3 Å². The molecule has 2 nitrogen and oxygen atoms in total. The Bertz CT molecular complexity index is 856. The number of nitrogens with zero attached hydrogens (tertiary/aromatic N) is 1. The molecule has 1 fully saturated rings. The van der Waals surface area contributed by atoms with Crippen molar-refractivity contribution in [2.24, 2.45) is 17.3 Å². The van der Waals surface area contributed by atoms with E-state index in [0.29, 0.717) is 23.1 Å². The van der Waals surface area contributed by atoms with E-state index in [4.69, 9.17) is 16.3 Å². The summed E-state index contributed by atoms with van der Waals surface area (Å²) >= 11 is 5.99. The van der Waals surface area contributed by atoms with Crippen molar-refractivity contribution < 1.29 is 9.13 Å². The van der Waals surface area contributed by atoms with Crippen molar-refractivity contribution >= 4 is 11.6 Å². The maximum Gasteiger partial charge on any atom is 0.165 e. The second-order valence-corrected chi connectivity index (χ2v) is 7.92. The van der Waals surface area contributed by atoms with E-state index in [9.17, 15) is 9.65 Å². The Hall–Kier alpha value is -2.31. The van der Waals surface area contributed by atoms with Crippen LogP contribution < -0.4 is 4.74 Å². The van der Waals surface area contributed by atoms with Crippen molar-refractivity contribution in [3.8, 4) is 17.6 Å². The molecule has 1 saturated carbocycles. The van der Waals surface area contributed by atoms with Gasteiger partial charge in [0.2, 0.25) is 0 Å². The maximum atomic E-state index is 14.2. The van der Waals surface area contributed by atoms with E-state index < -0.39 is 5.82 Å². The summed E-state index contributed by atoms with van der Waals surface area (Å²) in [6, 6.07) is 16.1. The third-order valence-corrected chi connectivity index (χ3v) is 5.52. The summed E-state index contributed by atoms with van der Waals surface area (Å²) in [4.78, 5) is 0. The predicted molar refractivity (Wildman–Crippen MR) is 102 cm³/mol. The van der Waals surface area contributed by atoms with Gasteiger partial charge in [-0.15, -0.1) is 0 Å². The van der Waals surface area contributed by atoms with E-state index >= 15 is 0 Å². The third kappa shape index (κ3) is 3.61. The van der Waals surface area contributed by atoms with Gasteiger partial charge < -0.3 is 4.74 Å². The molecule has 4 heteroatoms. The topological polar surface area (TPSA) is 33.0 Å². The minimum absolute atomic E-state index is 0.00688. The Morgan fingerprint density at radius 1 is 1.31 bits per heavy atom. The van der Waals surface area contributed by atoms with E-state index in [-0.39, 0.29) is 23.0 Å². The van der Waals surface area contributed by atoms with E-state index in [2.05, 4.69) is 26.5 Å². The molecule has 0 heterocycles. The average molecular weight is 370 g/mol. The van der Waals surface area contributed by atoms with Crippen molar-refractivity contribution in [2.75, 3.05) is 0 Å². The molecule has 0 radical (unpaired) electrons. The number of halogens is 2. The van der Waals surface area contributed by atoms with Crippen LogP contribution in [0.5, 0.6) is 11.5 Å². The van der Waals surface area contributed by atoms with Crippen LogP contribution in [0.15, 0.2) is 60.1 Å². The first kappa shape index (κ1) is 18.5. The molecule has 0 N–H and O–H groups in total. The van der Waals surface area contributed by atoms with Crippen molar-refractivity contribution in [1.82, 2.24) is 0 Å². The van der Waals surface area contributed by atoms with Gasteiger partial charge in [0.1, 0.15) is 5.75 Å². The predicted octanol–water partition coefficient (Wildman–Crippen LogP) is 6.64. The molecule has 1 aliphatic carbocycles. The van der Waals surface area contributed by atoms with Crippen LogP contribution in [0.4, 0.5) is 4.39 Å². The highest BCUT2D eigenvalue weighted by atomic mass is 35.5. The van der Waals surface area contributed by atoms with Crippen LogP contribution >= 0.6 is 11.6 Å². The Morgan fingerprint density at radius 3 is 2.62 bits per heavy atom. The first-order valence-electron chi connectivity index (χ1n) is 8.60. The van der Waals surface area contributed by atoms with Crippen molar-refractivity contribution in [1.29, 1.82) is 5.26 Å². The fourth-order valence-electron chi connectivity index (χ4n) is 3.85. The molecule has 2 aromatic rings. The molecule has 3 rings (SSSR count). The number of para-hydroxylation sites is 1. The largest absolute Gasteiger partial charge is 0.454 e. The zero-order valence-corrected chi connectivity index (χ0v) is 15.6. The molecule has 3 atom stereocenters. The molecule has 3 unspecified atom stereocenters. The van der Waals surface area contributed by atoms with E-state index in [1.807, 2.05) is 18.2 Å². The van der Waals surface area contributed by atoms with Gasteiger partial charge in [0.25, 0.3) is 0 Å². The zero-order chi connectivity index (χ0) is 18.9. The number of ether oxygens (including phenoxy) is 1. The van der Waals surface area contributed by atoms with Gasteiger partial charge >= 0.3 is 0 Å².